The van der Waals surface area contributed by atoms with Gasteiger partial charge in [-0.15, -0.1) is 11.8 Å². The second-order valence-electron chi connectivity index (χ2n) is 5.24. The van der Waals surface area contributed by atoms with Gasteiger partial charge in [-0.1, -0.05) is 38.3 Å². The first-order chi connectivity index (χ1) is 11.2. The first-order valence-corrected chi connectivity index (χ1v) is 8.70. The molecular formula is C17H21N5S. The van der Waals surface area contributed by atoms with Gasteiger partial charge in [-0.25, -0.2) is 4.98 Å². The topological polar surface area (TPSA) is 102 Å². The summed E-state index contributed by atoms with van der Waals surface area (Å²) in [6.45, 7) is 2.21. The Balaban J connectivity index is 2.19. The van der Waals surface area contributed by atoms with Gasteiger partial charge in [-0.05, 0) is 24.3 Å². The molecule has 4 N–H and O–H groups in total. The predicted molar refractivity (Wildman–Crippen MR) is 95.9 cm³/mol. The van der Waals surface area contributed by atoms with Gasteiger partial charge in [-0.2, -0.15) is 10.2 Å². The van der Waals surface area contributed by atoms with Gasteiger partial charge >= 0.3 is 0 Å². The first kappa shape index (κ1) is 17.1. The molecule has 0 saturated heterocycles. The lowest BCUT2D eigenvalue weighted by atomic mass is 10.1. The van der Waals surface area contributed by atoms with E-state index >= 15 is 0 Å². The molecule has 2 aromatic rings. The molecule has 0 aliphatic carbocycles. The maximum Gasteiger partial charge on any atom is 0.222 e. The summed E-state index contributed by atoms with van der Waals surface area (Å²) in [6.07, 6.45) is 5.00. The zero-order chi connectivity index (χ0) is 16.7. The summed E-state index contributed by atoms with van der Waals surface area (Å²) in [5, 5.41) is 9.29. The maximum atomic E-state index is 9.29. The molecule has 5 nitrogen and oxygen atoms in total. The van der Waals surface area contributed by atoms with Gasteiger partial charge in [0, 0.05) is 10.5 Å². The van der Waals surface area contributed by atoms with Crippen LogP contribution >= 0.6 is 11.8 Å². The van der Waals surface area contributed by atoms with Crippen LogP contribution in [-0.4, -0.2) is 15.7 Å². The molecule has 1 aromatic heterocycles. The van der Waals surface area contributed by atoms with E-state index in [9.17, 15) is 5.26 Å². The molecule has 1 heterocycles. The highest BCUT2D eigenvalue weighted by molar-refractivity contribution is 7.99. The van der Waals surface area contributed by atoms with E-state index in [-0.39, 0.29) is 17.3 Å². The van der Waals surface area contributed by atoms with Crippen LogP contribution < -0.4 is 11.5 Å². The molecule has 0 radical (unpaired) electrons. The summed E-state index contributed by atoms with van der Waals surface area (Å²) >= 11 is 1.81. The lowest BCUT2D eigenvalue weighted by Crippen LogP contribution is -2.04. The molecule has 0 saturated carbocycles. The Kier molecular flexibility index (Phi) is 6.24. The monoisotopic (exact) mass is 327 g/mol. The third kappa shape index (κ3) is 4.60. The number of rotatable bonds is 7. The molecule has 0 aliphatic rings. The van der Waals surface area contributed by atoms with Gasteiger partial charge in [0.1, 0.15) is 17.5 Å². The summed E-state index contributed by atoms with van der Waals surface area (Å²) in [7, 11) is 0. The number of aromatic nitrogens is 2. The minimum absolute atomic E-state index is 0.0779. The Hall–Kier alpha value is -2.26. The zero-order valence-corrected chi connectivity index (χ0v) is 14.1. The summed E-state index contributed by atoms with van der Waals surface area (Å²) in [5.41, 5.74) is 13.0. The molecule has 0 atom stereocenters. The van der Waals surface area contributed by atoms with Crippen LogP contribution in [0.2, 0.25) is 0 Å². The average Bonchev–Trinajstić information content (AvgIpc) is 2.54. The van der Waals surface area contributed by atoms with E-state index in [2.05, 4.69) is 29.0 Å². The van der Waals surface area contributed by atoms with Crippen molar-refractivity contribution < 1.29 is 0 Å². The van der Waals surface area contributed by atoms with Crippen molar-refractivity contribution in [3.05, 3.63) is 29.8 Å². The van der Waals surface area contributed by atoms with Gasteiger partial charge in [0.2, 0.25) is 5.95 Å². The molecule has 1 aromatic carbocycles. The second-order valence-corrected chi connectivity index (χ2v) is 6.41. The average molecular weight is 327 g/mol. The van der Waals surface area contributed by atoms with Crippen LogP contribution in [0.15, 0.2) is 29.2 Å². The van der Waals surface area contributed by atoms with Crippen molar-refractivity contribution in [1.82, 2.24) is 9.97 Å². The number of hydrogen-bond acceptors (Lipinski definition) is 6. The number of nitriles is 1. The van der Waals surface area contributed by atoms with E-state index in [1.165, 1.54) is 25.7 Å². The smallest absolute Gasteiger partial charge is 0.222 e. The summed E-state index contributed by atoms with van der Waals surface area (Å²) in [5.74, 6) is 1.28. The van der Waals surface area contributed by atoms with Crippen molar-refractivity contribution in [2.24, 2.45) is 0 Å². The molecule has 23 heavy (non-hydrogen) atoms. The van der Waals surface area contributed by atoms with E-state index in [0.717, 1.165) is 16.2 Å². The molecule has 0 aliphatic heterocycles. The number of unbranched alkanes of at least 4 members (excludes halogenated alkanes) is 3. The fourth-order valence-electron chi connectivity index (χ4n) is 2.27. The fourth-order valence-corrected chi connectivity index (χ4v) is 3.24. The lowest BCUT2D eigenvalue weighted by molar-refractivity contribution is 0.706. The maximum absolute atomic E-state index is 9.29. The molecule has 120 valence electrons. The molecule has 0 fully saturated rings. The largest absolute Gasteiger partial charge is 0.382 e. The number of nitrogens with two attached hydrogens (primary N) is 2. The van der Waals surface area contributed by atoms with Crippen molar-refractivity contribution in [3.63, 3.8) is 0 Å². The van der Waals surface area contributed by atoms with Crippen LogP contribution in [0.4, 0.5) is 11.8 Å². The molecule has 0 unspecified atom stereocenters. The Morgan fingerprint density at radius 3 is 2.74 bits per heavy atom. The quantitative estimate of drug-likeness (QED) is 0.591. The van der Waals surface area contributed by atoms with Crippen LogP contribution in [-0.2, 0) is 0 Å². The number of anilines is 2. The van der Waals surface area contributed by atoms with Crippen LogP contribution in [0.1, 0.15) is 38.2 Å². The van der Waals surface area contributed by atoms with E-state index in [0.29, 0.717) is 5.69 Å². The predicted octanol–water partition coefficient (Wildman–Crippen LogP) is 3.85. The third-order valence-electron chi connectivity index (χ3n) is 3.44. The highest BCUT2D eigenvalue weighted by Crippen LogP contribution is 2.29. The minimum atomic E-state index is 0.0779. The van der Waals surface area contributed by atoms with Gasteiger partial charge in [0.05, 0.1) is 5.69 Å². The Labute approximate surface area is 141 Å². The summed E-state index contributed by atoms with van der Waals surface area (Å²) in [4.78, 5) is 9.19. The van der Waals surface area contributed by atoms with E-state index in [1.54, 1.807) is 0 Å². The van der Waals surface area contributed by atoms with Crippen molar-refractivity contribution >= 4 is 23.5 Å². The molecule has 0 spiro atoms. The molecule has 0 amide bonds. The van der Waals surface area contributed by atoms with Gasteiger partial charge < -0.3 is 11.5 Å². The number of hydrogen-bond donors (Lipinski definition) is 2. The second kappa shape index (κ2) is 8.39. The summed E-state index contributed by atoms with van der Waals surface area (Å²) in [6, 6.07) is 10.0. The SMILES string of the molecule is CCCCCCSc1cccc(-c2nc(N)nc(N)c2C#N)c1. The van der Waals surface area contributed by atoms with Gasteiger partial charge in [-0.3, -0.25) is 0 Å². The summed E-state index contributed by atoms with van der Waals surface area (Å²) < 4.78 is 0. The lowest BCUT2D eigenvalue weighted by Gasteiger charge is -2.08. The van der Waals surface area contributed by atoms with Crippen LogP contribution in [0, 0.1) is 11.3 Å². The first-order valence-electron chi connectivity index (χ1n) is 7.72. The number of nitrogens with zero attached hydrogens (tertiary/aromatic N) is 3. The number of benzene rings is 1. The van der Waals surface area contributed by atoms with Crippen molar-refractivity contribution in [3.8, 4) is 17.3 Å². The van der Waals surface area contributed by atoms with Crippen LogP contribution in [0.5, 0.6) is 0 Å². The highest BCUT2D eigenvalue weighted by atomic mass is 32.2. The van der Waals surface area contributed by atoms with E-state index in [4.69, 9.17) is 11.5 Å². The van der Waals surface area contributed by atoms with Crippen LogP contribution in [0.25, 0.3) is 11.3 Å². The fraction of sp³-hybridized carbons (Fsp3) is 0.353. The zero-order valence-electron chi connectivity index (χ0n) is 13.2. The Morgan fingerprint density at radius 1 is 1.17 bits per heavy atom. The van der Waals surface area contributed by atoms with Gasteiger partial charge in [0.15, 0.2) is 0 Å². The molecule has 6 heteroatoms. The Morgan fingerprint density at radius 2 is 2.00 bits per heavy atom. The van der Waals surface area contributed by atoms with Crippen molar-refractivity contribution in [1.29, 1.82) is 5.26 Å². The minimum Gasteiger partial charge on any atom is -0.382 e. The van der Waals surface area contributed by atoms with Gasteiger partial charge in [0.25, 0.3) is 0 Å². The number of nitrogen functional groups attached to an aromatic ring is 2. The van der Waals surface area contributed by atoms with E-state index in [1.807, 2.05) is 30.0 Å². The number of thioether (sulfide) groups is 1. The third-order valence-corrected chi connectivity index (χ3v) is 4.52. The highest BCUT2D eigenvalue weighted by Gasteiger charge is 2.13. The molecule has 0 bridgehead atoms. The molecule has 2 rings (SSSR count). The Bertz CT molecular complexity index is 709. The van der Waals surface area contributed by atoms with Crippen molar-refractivity contribution in [2.75, 3.05) is 17.2 Å². The van der Waals surface area contributed by atoms with E-state index < -0.39 is 0 Å². The standard InChI is InChI=1S/C17H21N5S/c1-2-3-4-5-9-23-13-8-6-7-12(10-13)15-14(11-18)16(19)22-17(20)21-15/h6-8,10H,2-5,9H2,1H3,(H4,19,20,21,22). The normalized spacial score (nSPS) is 10.4. The molecular weight excluding hydrogens is 306 g/mol. The van der Waals surface area contributed by atoms with Crippen LogP contribution in [0.3, 0.4) is 0 Å². The van der Waals surface area contributed by atoms with Crippen molar-refractivity contribution in [2.45, 2.75) is 37.5 Å².